The molecule has 3 aromatic rings. The number of nitrogens with two attached hydrogens (primary N) is 1. The summed E-state index contributed by atoms with van der Waals surface area (Å²) < 4.78 is 6.17. The van der Waals surface area contributed by atoms with Gasteiger partial charge in [0, 0.05) is 25.3 Å². The van der Waals surface area contributed by atoms with Gasteiger partial charge in [-0.15, -0.1) is 0 Å². The van der Waals surface area contributed by atoms with E-state index in [4.69, 9.17) is 22.1 Å². The molecule has 0 saturated heterocycles. The van der Waals surface area contributed by atoms with E-state index in [1.54, 1.807) is 24.3 Å². The summed E-state index contributed by atoms with van der Waals surface area (Å²) in [6, 6.07) is 12.4. The van der Waals surface area contributed by atoms with Gasteiger partial charge in [-0.25, -0.2) is 4.79 Å². The zero-order valence-corrected chi connectivity index (χ0v) is 18.2. The topological polar surface area (TPSA) is 154 Å². The fraction of sp³-hybridized carbons (Fsp3) is 0.190. The minimum Gasteiger partial charge on any atom is -0.383 e. The maximum atomic E-state index is 13.3. The number of rotatable bonds is 8. The number of hydrogen-bond donors (Lipinski definition) is 2. The molecule has 2 aromatic carbocycles. The number of nitrogens with zero attached hydrogens (tertiary/aromatic N) is 3. The predicted octanol–water partition coefficient (Wildman–Crippen LogP) is 2.02. The lowest BCUT2D eigenvalue weighted by Gasteiger charge is -2.24. The summed E-state index contributed by atoms with van der Waals surface area (Å²) in [4.78, 5) is 52.2. The standard InChI is InChI=1S/C21H20ClN5O6/c1-33-10-9-25(20(29)14-7-8-15(22)16(11-14)27(31)32)17-18(23)26(21(30)24-19(17)28)12-13-5-3-2-4-6-13/h2-8,11H,9-10,12,23H2,1H3,(H,24,28,30). The van der Waals surface area contributed by atoms with E-state index in [1.165, 1.54) is 19.2 Å². The number of hydrogen-bond acceptors (Lipinski definition) is 7. The van der Waals surface area contributed by atoms with Crippen molar-refractivity contribution in [2.75, 3.05) is 30.9 Å². The van der Waals surface area contributed by atoms with Gasteiger partial charge in [0.1, 0.15) is 10.8 Å². The third-order valence-corrected chi connectivity index (χ3v) is 5.14. The number of carbonyl (C=O) groups is 1. The van der Waals surface area contributed by atoms with Gasteiger partial charge in [0.25, 0.3) is 17.2 Å². The van der Waals surface area contributed by atoms with Crippen LogP contribution < -0.4 is 21.9 Å². The maximum Gasteiger partial charge on any atom is 0.330 e. The molecule has 0 aliphatic rings. The summed E-state index contributed by atoms with van der Waals surface area (Å²) in [6.45, 7) is -0.0330. The van der Waals surface area contributed by atoms with Gasteiger partial charge in [0.15, 0.2) is 5.69 Å². The van der Waals surface area contributed by atoms with Crippen LogP contribution in [0.3, 0.4) is 0 Å². The number of methoxy groups -OCH3 is 1. The highest BCUT2D eigenvalue weighted by Gasteiger charge is 2.27. The molecule has 1 aromatic heterocycles. The Balaban J connectivity index is 2.13. The Morgan fingerprint density at radius 3 is 2.58 bits per heavy atom. The van der Waals surface area contributed by atoms with Crippen molar-refractivity contribution in [1.82, 2.24) is 9.55 Å². The molecule has 1 amide bonds. The normalized spacial score (nSPS) is 10.7. The highest BCUT2D eigenvalue weighted by atomic mass is 35.5. The van der Waals surface area contributed by atoms with Crippen molar-refractivity contribution in [2.45, 2.75) is 6.54 Å². The lowest BCUT2D eigenvalue weighted by Crippen LogP contribution is -2.42. The van der Waals surface area contributed by atoms with Crippen LogP contribution in [-0.2, 0) is 11.3 Å². The summed E-state index contributed by atoms with van der Waals surface area (Å²) in [5.74, 6) is -0.991. The van der Waals surface area contributed by atoms with E-state index in [0.717, 1.165) is 21.1 Å². The van der Waals surface area contributed by atoms with Crippen molar-refractivity contribution in [3.05, 3.63) is 95.6 Å². The number of nitro benzene ring substituents is 1. The quantitative estimate of drug-likeness (QED) is 0.374. The number of nitrogens with one attached hydrogen (secondary N) is 1. The first-order chi connectivity index (χ1) is 15.7. The molecule has 12 heteroatoms. The average molecular weight is 474 g/mol. The summed E-state index contributed by atoms with van der Waals surface area (Å²) in [5, 5.41) is 11.1. The van der Waals surface area contributed by atoms with Crippen molar-refractivity contribution in [1.29, 1.82) is 0 Å². The minimum absolute atomic E-state index is 0.0259. The van der Waals surface area contributed by atoms with Crippen LogP contribution in [-0.4, -0.2) is 40.6 Å². The number of ether oxygens (including phenoxy) is 1. The van der Waals surface area contributed by atoms with Crippen molar-refractivity contribution >= 4 is 34.7 Å². The third-order valence-electron chi connectivity index (χ3n) is 4.82. The van der Waals surface area contributed by atoms with Crippen LogP contribution in [0.25, 0.3) is 0 Å². The Morgan fingerprint density at radius 2 is 1.94 bits per heavy atom. The Kier molecular flexibility index (Phi) is 7.26. The third kappa shape index (κ3) is 5.10. The van der Waals surface area contributed by atoms with Crippen LogP contribution in [0.2, 0.25) is 5.02 Å². The molecule has 0 saturated carbocycles. The zero-order valence-electron chi connectivity index (χ0n) is 17.5. The number of benzene rings is 2. The second-order valence-electron chi connectivity index (χ2n) is 6.94. The van der Waals surface area contributed by atoms with Crippen LogP contribution in [0.15, 0.2) is 58.1 Å². The lowest BCUT2D eigenvalue weighted by atomic mass is 10.1. The number of nitro groups is 1. The van der Waals surface area contributed by atoms with E-state index in [0.29, 0.717) is 0 Å². The molecular weight excluding hydrogens is 454 g/mol. The van der Waals surface area contributed by atoms with Crippen LogP contribution in [0.5, 0.6) is 0 Å². The molecule has 11 nitrogen and oxygen atoms in total. The first kappa shape index (κ1) is 23.7. The van der Waals surface area contributed by atoms with Crippen LogP contribution in [0.4, 0.5) is 17.2 Å². The molecule has 0 bridgehead atoms. The molecule has 0 fully saturated rings. The predicted molar refractivity (Wildman–Crippen MR) is 123 cm³/mol. The van der Waals surface area contributed by atoms with Crippen molar-refractivity contribution in [2.24, 2.45) is 0 Å². The molecule has 1 heterocycles. The summed E-state index contributed by atoms with van der Waals surface area (Å²) in [6.07, 6.45) is 0. The Labute approximate surface area is 192 Å². The fourth-order valence-corrected chi connectivity index (χ4v) is 3.39. The van der Waals surface area contributed by atoms with E-state index in [2.05, 4.69) is 4.98 Å². The zero-order chi connectivity index (χ0) is 24.1. The number of halogens is 1. The second-order valence-corrected chi connectivity index (χ2v) is 7.34. The average Bonchev–Trinajstić information content (AvgIpc) is 2.79. The molecular formula is C21H20ClN5O6. The first-order valence-electron chi connectivity index (χ1n) is 9.65. The molecule has 0 unspecified atom stereocenters. The number of aromatic nitrogens is 2. The Morgan fingerprint density at radius 1 is 1.24 bits per heavy atom. The number of anilines is 2. The molecule has 0 atom stereocenters. The van der Waals surface area contributed by atoms with Crippen LogP contribution in [0.1, 0.15) is 15.9 Å². The number of nitrogen functional groups attached to an aromatic ring is 1. The fourth-order valence-electron chi connectivity index (χ4n) is 3.20. The summed E-state index contributed by atoms with van der Waals surface area (Å²) in [7, 11) is 1.40. The van der Waals surface area contributed by atoms with E-state index in [-0.39, 0.29) is 41.8 Å². The Hall–Kier alpha value is -3.96. The molecule has 0 radical (unpaired) electrons. The van der Waals surface area contributed by atoms with Gasteiger partial charge in [0.2, 0.25) is 0 Å². The van der Waals surface area contributed by atoms with Crippen LogP contribution >= 0.6 is 11.6 Å². The number of amides is 1. The largest absolute Gasteiger partial charge is 0.383 e. The monoisotopic (exact) mass is 473 g/mol. The minimum atomic E-state index is -0.880. The van der Waals surface area contributed by atoms with Crippen molar-refractivity contribution in [3.63, 3.8) is 0 Å². The van der Waals surface area contributed by atoms with Crippen molar-refractivity contribution < 1.29 is 14.5 Å². The van der Waals surface area contributed by atoms with Crippen LogP contribution in [0, 0.1) is 10.1 Å². The number of H-pyrrole nitrogens is 1. The maximum absolute atomic E-state index is 13.3. The van der Waals surface area contributed by atoms with Gasteiger partial charge >= 0.3 is 5.69 Å². The molecule has 3 N–H and O–H groups in total. The summed E-state index contributed by atoms with van der Waals surface area (Å²) >= 11 is 5.84. The number of aromatic amines is 1. The number of carbonyl (C=O) groups excluding carboxylic acids is 1. The van der Waals surface area contributed by atoms with E-state index < -0.39 is 27.8 Å². The highest BCUT2D eigenvalue weighted by molar-refractivity contribution is 6.32. The van der Waals surface area contributed by atoms with Gasteiger partial charge in [0.05, 0.1) is 18.1 Å². The van der Waals surface area contributed by atoms with E-state index >= 15 is 0 Å². The van der Waals surface area contributed by atoms with Gasteiger partial charge < -0.3 is 10.5 Å². The van der Waals surface area contributed by atoms with E-state index in [9.17, 15) is 24.5 Å². The highest BCUT2D eigenvalue weighted by Crippen LogP contribution is 2.27. The van der Waals surface area contributed by atoms with Gasteiger partial charge in [-0.1, -0.05) is 41.9 Å². The molecule has 3 rings (SSSR count). The van der Waals surface area contributed by atoms with Crippen molar-refractivity contribution in [3.8, 4) is 0 Å². The lowest BCUT2D eigenvalue weighted by molar-refractivity contribution is -0.384. The molecule has 0 spiro atoms. The molecule has 0 aliphatic carbocycles. The van der Waals surface area contributed by atoms with E-state index in [1.807, 2.05) is 6.07 Å². The second kappa shape index (κ2) is 10.1. The molecule has 33 heavy (non-hydrogen) atoms. The molecule has 0 aliphatic heterocycles. The Bertz CT molecular complexity index is 1300. The first-order valence-corrected chi connectivity index (χ1v) is 10.0. The van der Waals surface area contributed by atoms with Gasteiger partial charge in [-0.2, -0.15) is 0 Å². The van der Waals surface area contributed by atoms with Gasteiger partial charge in [-0.05, 0) is 17.7 Å². The van der Waals surface area contributed by atoms with Gasteiger partial charge in [-0.3, -0.25) is 34.2 Å². The smallest absolute Gasteiger partial charge is 0.330 e. The summed E-state index contributed by atoms with van der Waals surface area (Å²) in [5.41, 5.74) is 4.49. The molecule has 172 valence electrons. The SMILES string of the molecule is COCCN(C(=O)c1ccc(Cl)c([N+](=O)[O-])c1)c1c(N)n(Cc2ccccc2)c(=O)[nH]c1=O.